The number of Topliss-reactive ketones (excluding diaryl/α,β-unsaturated/α-hetero) is 1. The number of thioether (sulfide) groups is 1. The molecule has 1 aliphatic heterocycles. The van der Waals surface area contributed by atoms with Gasteiger partial charge in [0, 0.05) is 27.5 Å². The minimum Gasteiger partial charge on any atom is -0.402 e. The third kappa shape index (κ3) is 6.96. The van der Waals surface area contributed by atoms with Crippen LogP contribution in [0.2, 0.25) is 10.0 Å². The second-order valence-electron chi connectivity index (χ2n) is 10.8. The van der Waals surface area contributed by atoms with Crippen molar-refractivity contribution in [1.82, 2.24) is 4.98 Å². The van der Waals surface area contributed by atoms with Crippen LogP contribution in [-0.2, 0) is 17.1 Å². The SMILES string of the molecule is CC(N)=C(C(=Nc1nc2c(s1)SC(C)c1cc(Cl)c(Cl)cc1-2)C(=O)C(C)(C)CCN)c1cc(C(F)(F)F)cc(C(F)(F)F)c1. The third-order valence-electron chi connectivity index (χ3n) is 6.97. The van der Waals surface area contributed by atoms with E-state index in [2.05, 4.69) is 9.98 Å². The fourth-order valence-electron chi connectivity index (χ4n) is 4.68. The summed E-state index contributed by atoms with van der Waals surface area (Å²) in [6, 6.07) is 4.44. The number of halogens is 8. The molecule has 0 bridgehead atoms. The molecule has 0 amide bonds. The fraction of sp³-hybridized carbons (Fsp3) is 0.345. The van der Waals surface area contributed by atoms with E-state index in [1.165, 1.54) is 18.7 Å². The zero-order chi connectivity index (χ0) is 32.9. The topological polar surface area (TPSA) is 94.4 Å². The Morgan fingerprint density at radius 3 is 2.09 bits per heavy atom. The molecule has 1 atom stereocenters. The number of ketones is 1. The summed E-state index contributed by atoms with van der Waals surface area (Å²) in [5, 5.41) is 0.642. The van der Waals surface area contributed by atoms with E-state index >= 15 is 0 Å². The quantitative estimate of drug-likeness (QED) is 0.190. The van der Waals surface area contributed by atoms with E-state index in [0.29, 0.717) is 33.4 Å². The van der Waals surface area contributed by atoms with Gasteiger partial charge < -0.3 is 11.5 Å². The van der Waals surface area contributed by atoms with Crippen molar-refractivity contribution in [3.05, 3.63) is 68.3 Å². The molecule has 0 radical (unpaired) electrons. The molecule has 0 aliphatic carbocycles. The lowest BCUT2D eigenvalue weighted by atomic mass is 9.79. The van der Waals surface area contributed by atoms with Gasteiger partial charge in [0.05, 0.1) is 31.1 Å². The molecule has 0 saturated heterocycles. The number of carbonyl (C=O) groups is 1. The van der Waals surface area contributed by atoms with Crippen molar-refractivity contribution in [3.63, 3.8) is 0 Å². The first-order valence-electron chi connectivity index (χ1n) is 13.0. The van der Waals surface area contributed by atoms with E-state index in [9.17, 15) is 31.1 Å². The third-order valence-corrected chi connectivity index (χ3v) is 9.99. The van der Waals surface area contributed by atoms with Gasteiger partial charge in [0.15, 0.2) is 5.78 Å². The van der Waals surface area contributed by atoms with Crippen molar-refractivity contribution in [2.75, 3.05) is 6.54 Å². The average molecular weight is 696 g/mol. The minimum absolute atomic E-state index is 0.00602. The number of allylic oxidation sites excluding steroid dienone is 2. The molecule has 2 aromatic carbocycles. The van der Waals surface area contributed by atoms with Crippen LogP contribution in [0, 0.1) is 5.41 Å². The molecule has 4 rings (SSSR count). The van der Waals surface area contributed by atoms with Gasteiger partial charge in [0.1, 0.15) is 5.71 Å². The Hall–Kier alpha value is -2.58. The van der Waals surface area contributed by atoms with Crippen molar-refractivity contribution in [3.8, 4) is 11.3 Å². The van der Waals surface area contributed by atoms with E-state index < -0.39 is 46.0 Å². The van der Waals surface area contributed by atoms with E-state index in [0.717, 1.165) is 21.1 Å². The van der Waals surface area contributed by atoms with Gasteiger partial charge in [0.2, 0.25) is 5.13 Å². The van der Waals surface area contributed by atoms with Gasteiger partial charge in [-0.15, -0.1) is 11.8 Å². The van der Waals surface area contributed by atoms with E-state index in [4.69, 9.17) is 34.7 Å². The molecule has 3 aromatic rings. The monoisotopic (exact) mass is 694 g/mol. The number of aliphatic imine (C=N–C) groups is 1. The lowest BCUT2D eigenvalue weighted by Gasteiger charge is -2.25. The summed E-state index contributed by atoms with van der Waals surface area (Å²) < 4.78 is 83.4. The van der Waals surface area contributed by atoms with E-state index in [-0.39, 0.29) is 40.7 Å². The maximum Gasteiger partial charge on any atom is 0.416 e. The first-order valence-corrected chi connectivity index (χ1v) is 15.5. The van der Waals surface area contributed by atoms with Gasteiger partial charge in [-0.05, 0) is 68.3 Å². The summed E-state index contributed by atoms with van der Waals surface area (Å²) >= 11 is 15.1. The Bertz CT molecular complexity index is 1660. The number of nitrogens with two attached hydrogens (primary N) is 2. The molecule has 4 N–H and O–H groups in total. The maximum atomic E-state index is 14.0. The highest BCUT2D eigenvalue weighted by molar-refractivity contribution is 8.01. The van der Waals surface area contributed by atoms with Crippen LogP contribution in [0.15, 0.2) is 45.2 Å². The Balaban J connectivity index is 2.00. The van der Waals surface area contributed by atoms with Gasteiger partial charge in [-0.3, -0.25) is 4.79 Å². The van der Waals surface area contributed by atoms with Crippen LogP contribution >= 0.6 is 46.3 Å². The Morgan fingerprint density at radius 2 is 1.57 bits per heavy atom. The van der Waals surface area contributed by atoms with Gasteiger partial charge in [-0.1, -0.05) is 48.4 Å². The second-order valence-corrected chi connectivity index (χ2v) is 14.2. The van der Waals surface area contributed by atoms with Gasteiger partial charge in [-0.25, -0.2) is 9.98 Å². The number of nitrogens with zero attached hydrogens (tertiary/aromatic N) is 2. The summed E-state index contributed by atoms with van der Waals surface area (Å²) in [6.45, 7) is 6.42. The lowest BCUT2D eigenvalue weighted by molar-refractivity contribution is -0.143. The number of rotatable bonds is 7. The lowest BCUT2D eigenvalue weighted by Crippen LogP contribution is -2.34. The number of benzene rings is 2. The molecular formula is C29H26Cl2F6N4OS2. The number of fused-ring (bicyclic) bond motifs is 3. The number of alkyl halides is 6. The van der Waals surface area contributed by atoms with Crippen LogP contribution in [0.5, 0.6) is 0 Å². The molecule has 236 valence electrons. The highest BCUT2D eigenvalue weighted by Crippen LogP contribution is 2.53. The standard InChI is InChI=1S/C29H26Cl2F6N4OS2/c1-12(39)21(14-7-15(28(32,33)34)9-16(8-14)29(35,36)37)23(24(42)27(3,4)5-6-38)41-26-40-22-18-11-20(31)19(30)10-17(18)13(2)43-25(22)44-26/h7-11,13H,5-6,38-39H2,1-4H3. The van der Waals surface area contributed by atoms with Crippen LogP contribution in [0.4, 0.5) is 31.5 Å². The van der Waals surface area contributed by atoms with Crippen molar-refractivity contribution >= 4 is 68.5 Å². The summed E-state index contributed by atoms with van der Waals surface area (Å²) in [6.07, 6.45) is -10.1. The fourth-order valence-corrected chi connectivity index (χ4v) is 7.47. The zero-order valence-electron chi connectivity index (χ0n) is 23.7. The van der Waals surface area contributed by atoms with Crippen molar-refractivity contribution in [2.45, 2.75) is 55.9 Å². The van der Waals surface area contributed by atoms with Crippen molar-refractivity contribution in [1.29, 1.82) is 0 Å². The van der Waals surface area contributed by atoms with E-state index in [1.807, 2.05) is 6.92 Å². The molecule has 15 heteroatoms. The van der Waals surface area contributed by atoms with Gasteiger partial charge >= 0.3 is 12.4 Å². The molecule has 2 heterocycles. The van der Waals surface area contributed by atoms with Crippen molar-refractivity contribution < 1.29 is 31.1 Å². The van der Waals surface area contributed by atoms with Crippen LogP contribution in [0.1, 0.15) is 61.6 Å². The molecule has 1 unspecified atom stereocenters. The number of carbonyl (C=O) groups excluding carboxylic acids is 1. The predicted octanol–water partition coefficient (Wildman–Crippen LogP) is 9.73. The average Bonchev–Trinajstić information content (AvgIpc) is 3.30. The summed E-state index contributed by atoms with van der Waals surface area (Å²) in [5.41, 5.74) is 7.97. The number of thiazole rings is 1. The van der Waals surface area contributed by atoms with Crippen LogP contribution in [0.3, 0.4) is 0 Å². The van der Waals surface area contributed by atoms with E-state index in [1.54, 1.807) is 26.0 Å². The largest absolute Gasteiger partial charge is 0.416 e. The number of hydrogen-bond acceptors (Lipinski definition) is 7. The summed E-state index contributed by atoms with van der Waals surface area (Å²) in [4.78, 5) is 23.1. The normalized spacial score (nSPS) is 16.4. The summed E-state index contributed by atoms with van der Waals surface area (Å²) in [5.74, 6) is -0.682. The smallest absolute Gasteiger partial charge is 0.402 e. The van der Waals surface area contributed by atoms with Gasteiger partial charge in [-0.2, -0.15) is 26.3 Å². The highest BCUT2D eigenvalue weighted by atomic mass is 35.5. The molecule has 0 spiro atoms. The maximum absolute atomic E-state index is 14.0. The molecule has 5 nitrogen and oxygen atoms in total. The first kappa shape index (κ1) is 34.3. The van der Waals surface area contributed by atoms with Crippen LogP contribution in [0.25, 0.3) is 16.8 Å². The zero-order valence-corrected chi connectivity index (χ0v) is 26.8. The second kappa shape index (κ2) is 12.3. The Labute approximate surface area is 267 Å². The summed E-state index contributed by atoms with van der Waals surface area (Å²) in [7, 11) is 0. The highest BCUT2D eigenvalue weighted by Gasteiger charge is 2.39. The van der Waals surface area contributed by atoms with Crippen LogP contribution < -0.4 is 11.5 Å². The van der Waals surface area contributed by atoms with Gasteiger partial charge in [0.25, 0.3) is 0 Å². The molecule has 1 aliphatic rings. The molecular weight excluding hydrogens is 669 g/mol. The number of aromatic nitrogens is 1. The molecule has 44 heavy (non-hydrogen) atoms. The molecule has 0 fully saturated rings. The Kier molecular flexibility index (Phi) is 9.60. The van der Waals surface area contributed by atoms with Crippen LogP contribution in [-0.4, -0.2) is 23.0 Å². The molecule has 1 aromatic heterocycles. The first-order chi connectivity index (χ1) is 20.2. The Morgan fingerprint density at radius 1 is 1.00 bits per heavy atom. The number of hydrogen-bond donors (Lipinski definition) is 2. The minimum atomic E-state index is -5.12. The molecule has 0 saturated carbocycles. The van der Waals surface area contributed by atoms with Crippen molar-refractivity contribution in [2.24, 2.45) is 21.9 Å². The predicted molar refractivity (Wildman–Crippen MR) is 165 cm³/mol.